The molecule has 0 aliphatic heterocycles. The van der Waals surface area contributed by atoms with Crippen LogP contribution >= 0.6 is 7.94 Å². The Labute approximate surface area is 124 Å². The second-order valence-electron chi connectivity index (χ2n) is 5.03. The van der Waals surface area contributed by atoms with Crippen LogP contribution in [0.1, 0.15) is 27.0 Å². The Morgan fingerprint density at radius 1 is 1.00 bits per heavy atom. The van der Waals surface area contributed by atoms with E-state index in [0.29, 0.717) is 5.75 Å². The standard InChI is InChI=1S/C16H18O4P/c1-11-9-12(2)15(13(3)10-11)20-21(18,19)16(17)14-7-5-4-6-8-14/h4-10,18-19H,1-3H3/q+1. The monoisotopic (exact) mass is 305 g/mol. The molecule has 2 aromatic carbocycles. The first-order valence-corrected chi connectivity index (χ1v) is 8.14. The van der Waals surface area contributed by atoms with E-state index in [9.17, 15) is 14.6 Å². The van der Waals surface area contributed by atoms with E-state index in [2.05, 4.69) is 0 Å². The molecule has 0 saturated heterocycles. The first kappa shape index (κ1) is 15.6. The van der Waals surface area contributed by atoms with Crippen LogP contribution in [0.4, 0.5) is 0 Å². The number of hydrogen-bond donors (Lipinski definition) is 2. The fraction of sp³-hybridized carbons (Fsp3) is 0.188. The molecule has 2 rings (SSSR count). The zero-order valence-corrected chi connectivity index (χ0v) is 13.1. The molecule has 0 aliphatic rings. The summed E-state index contributed by atoms with van der Waals surface area (Å²) in [5.74, 6) is 0.350. The van der Waals surface area contributed by atoms with Crippen molar-refractivity contribution in [1.29, 1.82) is 0 Å². The van der Waals surface area contributed by atoms with E-state index in [0.717, 1.165) is 16.7 Å². The molecule has 4 nitrogen and oxygen atoms in total. The van der Waals surface area contributed by atoms with Crippen molar-refractivity contribution in [2.24, 2.45) is 0 Å². The fourth-order valence-electron chi connectivity index (χ4n) is 2.23. The summed E-state index contributed by atoms with van der Waals surface area (Å²) in [4.78, 5) is 32.4. The summed E-state index contributed by atoms with van der Waals surface area (Å²) in [6.45, 7) is 5.56. The highest BCUT2D eigenvalue weighted by Gasteiger charge is 2.50. The molecule has 0 aromatic heterocycles. The van der Waals surface area contributed by atoms with Gasteiger partial charge < -0.3 is 0 Å². The van der Waals surface area contributed by atoms with Gasteiger partial charge in [-0.25, -0.2) is 4.79 Å². The van der Waals surface area contributed by atoms with Crippen LogP contribution in [0, 0.1) is 20.8 Å². The van der Waals surface area contributed by atoms with Crippen LogP contribution in [0.5, 0.6) is 5.75 Å². The van der Waals surface area contributed by atoms with Gasteiger partial charge in [-0.2, -0.15) is 9.79 Å². The third-order valence-electron chi connectivity index (χ3n) is 3.11. The van der Waals surface area contributed by atoms with Crippen LogP contribution < -0.4 is 4.52 Å². The lowest BCUT2D eigenvalue weighted by Gasteiger charge is -2.14. The quantitative estimate of drug-likeness (QED) is 0.847. The van der Waals surface area contributed by atoms with Gasteiger partial charge in [0.05, 0.1) is 5.56 Å². The summed E-state index contributed by atoms with van der Waals surface area (Å²) in [5, 5.41) is 0. The lowest BCUT2D eigenvalue weighted by Crippen LogP contribution is -2.13. The van der Waals surface area contributed by atoms with Crippen LogP contribution in [0.15, 0.2) is 42.5 Å². The van der Waals surface area contributed by atoms with Gasteiger partial charge in [0.15, 0.2) is 5.75 Å². The third-order valence-corrected chi connectivity index (χ3v) is 4.33. The summed E-state index contributed by atoms with van der Waals surface area (Å²) in [5.41, 5.74) is 2.01. The van der Waals surface area contributed by atoms with E-state index in [4.69, 9.17) is 4.52 Å². The van der Waals surface area contributed by atoms with Crippen molar-refractivity contribution in [2.45, 2.75) is 20.8 Å². The minimum absolute atomic E-state index is 0.221. The summed E-state index contributed by atoms with van der Waals surface area (Å²) in [7, 11) is -4.19. The SMILES string of the molecule is Cc1cc(C)c(O[P+](O)(O)C(=O)c2ccccc2)c(C)c1. The van der Waals surface area contributed by atoms with Gasteiger partial charge in [-0.1, -0.05) is 35.9 Å². The van der Waals surface area contributed by atoms with E-state index < -0.39 is 13.5 Å². The van der Waals surface area contributed by atoms with Crippen molar-refractivity contribution in [1.82, 2.24) is 0 Å². The van der Waals surface area contributed by atoms with Crippen molar-refractivity contribution >= 4 is 13.5 Å². The molecule has 2 N–H and O–H groups in total. The number of carbonyl (C=O) groups excluding carboxylic acids is 1. The maximum atomic E-state index is 12.2. The molecular formula is C16H18O4P+. The predicted octanol–water partition coefficient (Wildman–Crippen LogP) is 3.58. The maximum Gasteiger partial charge on any atom is 0.530 e. The molecular weight excluding hydrogens is 287 g/mol. The van der Waals surface area contributed by atoms with Gasteiger partial charge in [-0.3, -0.25) is 4.52 Å². The van der Waals surface area contributed by atoms with Crippen molar-refractivity contribution in [3.63, 3.8) is 0 Å². The highest BCUT2D eigenvalue weighted by atomic mass is 31.2. The summed E-state index contributed by atoms with van der Waals surface area (Å²) in [6, 6.07) is 11.9. The van der Waals surface area contributed by atoms with E-state index >= 15 is 0 Å². The highest BCUT2D eigenvalue weighted by Crippen LogP contribution is 2.54. The Hall–Kier alpha value is -1.74. The summed E-state index contributed by atoms with van der Waals surface area (Å²) >= 11 is 0. The van der Waals surface area contributed by atoms with Crippen LogP contribution in [-0.2, 0) is 0 Å². The zero-order chi connectivity index (χ0) is 15.6. The van der Waals surface area contributed by atoms with Gasteiger partial charge in [-0.15, -0.1) is 0 Å². The Bertz CT molecular complexity index is 642. The average Bonchev–Trinajstić information content (AvgIpc) is 2.43. The second-order valence-corrected chi connectivity index (χ2v) is 6.71. The smallest absolute Gasteiger partial charge is 0.278 e. The lowest BCUT2D eigenvalue weighted by molar-refractivity contribution is 0.102. The van der Waals surface area contributed by atoms with Gasteiger partial charge in [0.2, 0.25) is 0 Å². The first-order chi connectivity index (χ1) is 9.81. The van der Waals surface area contributed by atoms with Crippen LogP contribution in [-0.4, -0.2) is 15.3 Å². The third kappa shape index (κ3) is 3.48. The number of aryl methyl sites for hydroxylation is 3. The molecule has 0 unspecified atom stereocenters. The molecule has 5 heteroatoms. The normalized spacial score (nSPS) is 11.3. The molecule has 0 spiro atoms. The van der Waals surface area contributed by atoms with E-state index in [1.54, 1.807) is 18.2 Å². The lowest BCUT2D eigenvalue weighted by atomic mass is 10.1. The molecule has 0 atom stereocenters. The minimum Gasteiger partial charge on any atom is -0.278 e. The fourth-order valence-corrected chi connectivity index (χ4v) is 3.34. The molecule has 0 bridgehead atoms. The highest BCUT2D eigenvalue weighted by molar-refractivity contribution is 7.78. The Morgan fingerprint density at radius 2 is 1.52 bits per heavy atom. The summed E-state index contributed by atoms with van der Waals surface area (Å²) < 4.78 is 5.31. The number of carbonyl (C=O) groups is 1. The molecule has 110 valence electrons. The van der Waals surface area contributed by atoms with Gasteiger partial charge in [0.1, 0.15) is 0 Å². The number of benzene rings is 2. The topological polar surface area (TPSA) is 66.8 Å². The Kier molecular flexibility index (Phi) is 4.43. The van der Waals surface area contributed by atoms with Crippen molar-refractivity contribution < 1.29 is 19.1 Å². The molecule has 21 heavy (non-hydrogen) atoms. The minimum atomic E-state index is -4.19. The molecule has 0 amide bonds. The molecule has 0 aliphatic carbocycles. The van der Waals surface area contributed by atoms with Crippen molar-refractivity contribution in [3.8, 4) is 5.75 Å². The molecule has 0 saturated carbocycles. The first-order valence-electron chi connectivity index (χ1n) is 6.53. The van der Waals surface area contributed by atoms with Crippen LogP contribution in [0.3, 0.4) is 0 Å². The molecule has 0 heterocycles. The predicted molar refractivity (Wildman–Crippen MR) is 83.4 cm³/mol. The number of rotatable bonds is 4. The molecule has 0 radical (unpaired) electrons. The Balaban J connectivity index is 2.32. The summed E-state index contributed by atoms with van der Waals surface area (Å²) in [6.07, 6.45) is 0. The molecule has 2 aromatic rings. The Morgan fingerprint density at radius 3 is 2.05 bits per heavy atom. The van der Waals surface area contributed by atoms with Crippen molar-refractivity contribution in [3.05, 3.63) is 64.7 Å². The van der Waals surface area contributed by atoms with Crippen LogP contribution in [0.2, 0.25) is 0 Å². The van der Waals surface area contributed by atoms with E-state index in [1.807, 2.05) is 32.9 Å². The number of hydrogen-bond acceptors (Lipinski definition) is 4. The van der Waals surface area contributed by atoms with E-state index in [-0.39, 0.29) is 5.56 Å². The largest absolute Gasteiger partial charge is 0.530 e. The van der Waals surface area contributed by atoms with Gasteiger partial charge in [0.25, 0.3) is 0 Å². The van der Waals surface area contributed by atoms with Crippen molar-refractivity contribution in [2.75, 3.05) is 0 Å². The van der Waals surface area contributed by atoms with E-state index in [1.165, 1.54) is 12.1 Å². The maximum absolute atomic E-state index is 12.2. The van der Waals surface area contributed by atoms with Gasteiger partial charge in [0, 0.05) is 0 Å². The second kappa shape index (κ2) is 5.94. The van der Waals surface area contributed by atoms with Crippen LogP contribution in [0.25, 0.3) is 0 Å². The van der Waals surface area contributed by atoms with Gasteiger partial charge in [-0.05, 0) is 44.0 Å². The average molecular weight is 305 g/mol. The van der Waals surface area contributed by atoms with Gasteiger partial charge >= 0.3 is 13.5 Å². The zero-order valence-electron chi connectivity index (χ0n) is 12.2. The molecule has 0 fully saturated rings.